The van der Waals surface area contributed by atoms with Gasteiger partial charge < -0.3 is 0 Å². The molecule has 1 aliphatic heterocycles. The Hall–Kier alpha value is -1.15. The maximum atomic E-state index is 12.7. The van der Waals surface area contributed by atoms with E-state index in [0.717, 1.165) is 50.7 Å². The van der Waals surface area contributed by atoms with Gasteiger partial charge in [-0.3, -0.25) is 0 Å². The first-order valence-corrected chi connectivity index (χ1v) is 9.20. The maximum Gasteiger partial charge on any atom is 0.417 e. The van der Waals surface area contributed by atoms with Gasteiger partial charge in [0.05, 0.1) is 5.56 Å². The van der Waals surface area contributed by atoms with Gasteiger partial charge in [0.2, 0.25) is 0 Å². The third-order valence-electron chi connectivity index (χ3n) is 4.96. The van der Waals surface area contributed by atoms with E-state index in [1.807, 2.05) is 0 Å². The molecule has 0 amide bonds. The first-order valence-electron chi connectivity index (χ1n) is 7.76. The summed E-state index contributed by atoms with van der Waals surface area (Å²) in [5.74, 6) is 0. The molecule has 1 aromatic rings. The monoisotopic (exact) mass is 348 g/mol. The lowest BCUT2D eigenvalue weighted by Crippen LogP contribution is -2.45. The van der Waals surface area contributed by atoms with Crippen LogP contribution in [0.3, 0.4) is 0 Å². The fourth-order valence-corrected chi connectivity index (χ4v) is 5.24. The van der Waals surface area contributed by atoms with E-state index in [1.54, 1.807) is 0 Å². The van der Waals surface area contributed by atoms with Crippen LogP contribution >= 0.6 is 0 Å². The minimum absolute atomic E-state index is 0.0528. The summed E-state index contributed by atoms with van der Waals surface area (Å²) in [4.78, 5) is 3.56. The average molecular weight is 348 g/mol. The Morgan fingerprint density at radius 1 is 1.09 bits per heavy atom. The quantitative estimate of drug-likeness (QED) is 0.823. The zero-order chi connectivity index (χ0) is 16.7. The highest BCUT2D eigenvalue weighted by molar-refractivity contribution is 7.89. The number of piperidine rings is 1. The van der Waals surface area contributed by atoms with E-state index in [1.165, 1.54) is 4.31 Å². The summed E-state index contributed by atoms with van der Waals surface area (Å²) in [6, 6.07) is 1.73. The lowest BCUT2D eigenvalue weighted by Gasteiger charge is -2.39. The van der Waals surface area contributed by atoms with E-state index < -0.39 is 21.8 Å². The van der Waals surface area contributed by atoms with Crippen molar-refractivity contribution in [3.05, 3.63) is 23.9 Å². The number of alkyl halides is 3. The molecule has 2 aliphatic rings. The first kappa shape index (κ1) is 16.7. The molecule has 2 fully saturated rings. The lowest BCUT2D eigenvalue weighted by atomic mass is 9.79. The average Bonchev–Trinajstić information content (AvgIpc) is 2.94. The first-order chi connectivity index (χ1) is 10.7. The number of hydrogen-bond acceptors (Lipinski definition) is 3. The summed E-state index contributed by atoms with van der Waals surface area (Å²) < 4.78 is 64.5. The Labute approximate surface area is 133 Å². The van der Waals surface area contributed by atoms with Crippen molar-refractivity contribution in [2.45, 2.75) is 49.7 Å². The van der Waals surface area contributed by atoms with Gasteiger partial charge in [-0.25, -0.2) is 13.4 Å². The summed E-state index contributed by atoms with van der Waals surface area (Å²) in [7, 11) is -3.83. The molecule has 23 heavy (non-hydrogen) atoms. The Kier molecular flexibility index (Phi) is 4.16. The third-order valence-corrected chi connectivity index (χ3v) is 6.72. The molecule has 0 aromatic carbocycles. The second kappa shape index (κ2) is 5.73. The molecule has 2 heterocycles. The van der Waals surface area contributed by atoms with Gasteiger partial charge in [-0.1, -0.05) is 12.8 Å². The van der Waals surface area contributed by atoms with Crippen molar-refractivity contribution >= 4 is 10.0 Å². The molecule has 1 saturated heterocycles. The Morgan fingerprint density at radius 2 is 1.74 bits per heavy atom. The van der Waals surface area contributed by atoms with Crippen molar-refractivity contribution in [2.75, 3.05) is 13.1 Å². The summed E-state index contributed by atoms with van der Waals surface area (Å²) in [6.07, 6.45) is 2.17. The van der Waals surface area contributed by atoms with Crippen molar-refractivity contribution in [1.82, 2.24) is 9.29 Å². The minimum atomic E-state index is -4.52. The summed E-state index contributed by atoms with van der Waals surface area (Å²) in [5, 5.41) is -0.305. The molecule has 1 spiro atoms. The highest BCUT2D eigenvalue weighted by Crippen LogP contribution is 2.45. The van der Waals surface area contributed by atoms with Gasteiger partial charge in [0.15, 0.2) is 5.03 Å². The number of halogens is 3. The number of rotatable bonds is 2. The molecule has 0 unspecified atom stereocenters. The van der Waals surface area contributed by atoms with Crippen LogP contribution in [-0.4, -0.2) is 30.8 Å². The SMILES string of the molecule is O=S(=O)(c1ccc(C(F)(F)F)cn1)N1CCCC2(CCCC2)C1. The molecule has 8 heteroatoms. The van der Waals surface area contributed by atoms with Crippen molar-refractivity contribution < 1.29 is 21.6 Å². The summed E-state index contributed by atoms with van der Waals surface area (Å²) in [6.45, 7) is 0.866. The smallest absolute Gasteiger partial charge is 0.243 e. The van der Waals surface area contributed by atoms with Crippen LogP contribution in [0.1, 0.15) is 44.1 Å². The van der Waals surface area contributed by atoms with E-state index in [2.05, 4.69) is 4.98 Å². The molecule has 0 radical (unpaired) electrons. The molecule has 1 aromatic heterocycles. The Morgan fingerprint density at radius 3 is 2.30 bits per heavy atom. The molecular weight excluding hydrogens is 329 g/mol. The van der Waals surface area contributed by atoms with Crippen LogP contribution in [0.4, 0.5) is 13.2 Å². The third kappa shape index (κ3) is 3.24. The van der Waals surface area contributed by atoms with Gasteiger partial charge in [0.25, 0.3) is 10.0 Å². The molecule has 128 valence electrons. The normalized spacial score (nSPS) is 22.6. The van der Waals surface area contributed by atoms with Crippen LogP contribution < -0.4 is 0 Å². The van der Waals surface area contributed by atoms with Crippen LogP contribution in [0.25, 0.3) is 0 Å². The fourth-order valence-electron chi connectivity index (χ4n) is 3.73. The number of nitrogens with zero attached hydrogens (tertiary/aromatic N) is 2. The highest BCUT2D eigenvalue weighted by Gasteiger charge is 2.42. The second-order valence-electron chi connectivity index (χ2n) is 6.53. The van der Waals surface area contributed by atoms with Gasteiger partial charge in [-0.05, 0) is 43.2 Å². The van der Waals surface area contributed by atoms with Crippen LogP contribution in [0.15, 0.2) is 23.4 Å². The number of hydrogen-bond donors (Lipinski definition) is 0. The van der Waals surface area contributed by atoms with Crippen LogP contribution in [0.2, 0.25) is 0 Å². The lowest BCUT2D eigenvalue weighted by molar-refractivity contribution is -0.137. The number of aromatic nitrogens is 1. The largest absolute Gasteiger partial charge is 0.417 e. The zero-order valence-corrected chi connectivity index (χ0v) is 13.5. The molecular formula is C15H19F3N2O2S. The van der Waals surface area contributed by atoms with E-state index in [4.69, 9.17) is 0 Å². The highest BCUT2D eigenvalue weighted by atomic mass is 32.2. The van der Waals surface area contributed by atoms with E-state index in [-0.39, 0.29) is 10.4 Å². The van der Waals surface area contributed by atoms with Crippen molar-refractivity contribution in [3.63, 3.8) is 0 Å². The fraction of sp³-hybridized carbons (Fsp3) is 0.667. The van der Waals surface area contributed by atoms with Crippen molar-refractivity contribution in [2.24, 2.45) is 5.41 Å². The standard InChI is InChI=1S/C15H19F3N2O2S/c16-15(17,18)12-4-5-13(19-10-12)23(21,22)20-9-3-8-14(11-20)6-1-2-7-14/h4-5,10H,1-3,6-9,11H2. The van der Waals surface area contributed by atoms with Gasteiger partial charge in [0.1, 0.15) is 0 Å². The molecule has 0 atom stereocenters. The van der Waals surface area contributed by atoms with Gasteiger partial charge in [0, 0.05) is 19.3 Å². The van der Waals surface area contributed by atoms with E-state index in [0.29, 0.717) is 19.3 Å². The molecule has 4 nitrogen and oxygen atoms in total. The van der Waals surface area contributed by atoms with E-state index in [9.17, 15) is 21.6 Å². The van der Waals surface area contributed by atoms with Gasteiger partial charge in [-0.15, -0.1) is 0 Å². The molecule has 0 bridgehead atoms. The Bertz CT molecular complexity index is 665. The second-order valence-corrected chi connectivity index (χ2v) is 8.42. The number of pyridine rings is 1. The minimum Gasteiger partial charge on any atom is -0.243 e. The maximum absolute atomic E-state index is 12.7. The van der Waals surface area contributed by atoms with Crippen LogP contribution in [0, 0.1) is 5.41 Å². The molecule has 1 saturated carbocycles. The van der Waals surface area contributed by atoms with Crippen LogP contribution in [0.5, 0.6) is 0 Å². The Balaban J connectivity index is 1.83. The van der Waals surface area contributed by atoms with Crippen molar-refractivity contribution in [1.29, 1.82) is 0 Å². The van der Waals surface area contributed by atoms with Gasteiger partial charge >= 0.3 is 6.18 Å². The summed E-state index contributed by atoms with van der Waals surface area (Å²) in [5.41, 5.74) is -0.889. The zero-order valence-electron chi connectivity index (χ0n) is 12.6. The predicted octanol–water partition coefficient (Wildman–Crippen LogP) is 3.45. The molecule has 1 aliphatic carbocycles. The summed E-state index contributed by atoms with van der Waals surface area (Å²) >= 11 is 0. The topological polar surface area (TPSA) is 50.3 Å². The molecule has 3 rings (SSSR count). The van der Waals surface area contributed by atoms with E-state index >= 15 is 0 Å². The predicted molar refractivity (Wildman–Crippen MR) is 78.1 cm³/mol. The number of sulfonamides is 1. The molecule has 0 N–H and O–H groups in total. The van der Waals surface area contributed by atoms with Crippen molar-refractivity contribution in [3.8, 4) is 0 Å². The van der Waals surface area contributed by atoms with Gasteiger partial charge in [-0.2, -0.15) is 17.5 Å². The van der Waals surface area contributed by atoms with Crippen LogP contribution in [-0.2, 0) is 16.2 Å².